The number of hydrogen-bond donors (Lipinski definition) is 1. The number of nitrogens with zero attached hydrogens (tertiary/aromatic N) is 3. The highest BCUT2D eigenvalue weighted by Gasteiger charge is 2.31. The van der Waals surface area contributed by atoms with Crippen molar-refractivity contribution in [1.29, 1.82) is 0 Å². The summed E-state index contributed by atoms with van der Waals surface area (Å²) < 4.78 is 34.2. The van der Waals surface area contributed by atoms with E-state index in [1.165, 1.54) is 7.11 Å². The van der Waals surface area contributed by atoms with E-state index in [9.17, 15) is 4.39 Å². The summed E-state index contributed by atoms with van der Waals surface area (Å²) in [6.07, 6.45) is 4.54. The molecule has 0 radical (unpaired) electrons. The van der Waals surface area contributed by atoms with Gasteiger partial charge in [-0.1, -0.05) is 0 Å². The second kappa shape index (κ2) is 7.27. The zero-order chi connectivity index (χ0) is 20.0. The molecule has 1 aromatic carbocycles. The van der Waals surface area contributed by atoms with E-state index in [0.717, 1.165) is 28.8 Å². The van der Waals surface area contributed by atoms with Crippen molar-refractivity contribution in [3.05, 3.63) is 47.3 Å². The Kier molecular flexibility index (Phi) is 4.60. The van der Waals surface area contributed by atoms with Crippen molar-refractivity contribution in [2.75, 3.05) is 20.3 Å². The SMILES string of the molecule is COc1cc(OC2COC(n3ccc4c(C)ncnc43)C2)c2c(c1F)CCNC2. The number of halogens is 1. The van der Waals surface area contributed by atoms with Gasteiger partial charge in [0.2, 0.25) is 0 Å². The van der Waals surface area contributed by atoms with Gasteiger partial charge in [-0.05, 0) is 26.0 Å². The lowest BCUT2D eigenvalue weighted by molar-refractivity contribution is 0.0526. The van der Waals surface area contributed by atoms with Crippen molar-refractivity contribution in [1.82, 2.24) is 19.9 Å². The van der Waals surface area contributed by atoms with Crippen LogP contribution < -0.4 is 14.8 Å². The van der Waals surface area contributed by atoms with E-state index in [4.69, 9.17) is 14.2 Å². The van der Waals surface area contributed by atoms with Gasteiger partial charge in [0.1, 0.15) is 30.1 Å². The van der Waals surface area contributed by atoms with Crippen LogP contribution in [0.5, 0.6) is 11.5 Å². The second-order valence-corrected chi connectivity index (χ2v) is 7.46. The smallest absolute Gasteiger partial charge is 0.168 e. The minimum Gasteiger partial charge on any atom is -0.494 e. The highest BCUT2D eigenvalue weighted by Crippen LogP contribution is 2.37. The summed E-state index contributed by atoms with van der Waals surface area (Å²) in [7, 11) is 1.48. The van der Waals surface area contributed by atoms with Crippen molar-refractivity contribution >= 4 is 11.0 Å². The van der Waals surface area contributed by atoms with Crippen LogP contribution in [0.1, 0.15) is 29.5 Å². The molecule has 0 aliphatic carbocycles. The van der Waals surface area contributed by atoms with Gasteiger partial charge in [-0.15, -0.1) is 0 Å². The van der Waals surface area contributed by atoms with E-state index in [0.29, 0.717) is 37.3 Å². The summed E-state index contributed by atoms with van der Waals surface area (Å²) in [5, 5.41) is 4.31. The fourth-order valence-electron chi connectivity index (χ4n) is 4.20. The van der Waals surface area contributed by atoms with E-state index in [1.807, 2.05) is 23.8 Å². The standard InChI is InChI=1S/C21H23FN4O3/c1-12-14-4-6-26(21(14)25-11-24-12)19-7-13(10-28-19)29-17-8-18(27-2)20(22)15-3-5-23-9-16(15)17/h4,6,8,11,13,19,23H,3,5,7,9-10H2,1-2H3. The molecule has 7 nitrogen and oxygen atoms in total. The predicted octanol–water partition coefficient (Wildman–Crippen LogP) is 2.90. The number of aryl methyl sites for hydroxylation is 1. The van der Waals surface area contributed by atoms with Crippen LogP contribution in [0.4, 0.5) is 4.39 Å². The van der Waals surface area contributed by atoms with Crippen LogP contribution in [0.15, 0.2) is 24.7 Å². The first-order valence-corrected chi connectivity index (χ1v) is 9.81. The van der Waals surface area contributed by atoms with Crippen molar-refractivity contribution in [3.8, 4) is 11.5 Å². The van der Waals surface area contributed by atoms with Crippen LogP contribution >= 0.6 is 0 Å². The van der Waals surface area contributed by atoms with Crippen molar-refractivity contribution in [2.45, 2.75) is 38.6 Å². The molecule has 8 heteroatoms. The molecule has 0 bridgehead atoms. The number of aromatic nitrogens is 3. The molecule has 152 valence electrons. The largest absolute Gasteiger partial charge is 0.494 e. The van der Waals surface area contributed by atoms with Gasteiger partial charge in [-0.25, -0.2) is 14.4 Å². The molecule has 3 aromatic rings. The van der Waals surface area contributed by atoms with Crippen molar-refractivity contribution < 1.29 is 18.6 Å². The van der Waals surface area contributed by atoms with Crippen LogP contribution in [0.3, 0.4) is 0 Å². The van der Waals surface area contributed by atoms with Crippen LogP contribution in [0.2, 0.25) is 0 Å². The molecule has 2 aliphatic heterocycles. The number of rotatable bonds is 4. The molecule has 5 rings (SSSR count). The van der Waals surface area contributed by atoms with Crippen LogP contribution in [0.25, 0.3) is 11.0 Å². The lowest BCUT2D eigenvalue weighted by Crippen LogP contribution is -2.27. The molecular weight excluding hydrogens is 375 g/mol. The van der Waals surface area contributed by atoms with Crippen LogP contribution in [-0.4, -0.2) is 40.9 Å². The summed E-state index contributed by atoms with van der Waals surface area (Å²) in [4.78, 5) is 8.65. The van der Waals surface area contributed by atoms with Gasteiger partial charge in [-0.3, -0.25) is 0 Å². The zero-order valence-corrected chi connectivity index (χ0v) is 16.4. The lowest BCUT2D eigenvalue weighted by Gasteiger charge is -2.24. The third-order valence-corrected chi connectivity index (χ3v) is 5.73. The maximum Gasteiger partial charge on any atom is 0.168 e. The summed E-state index contributed by atoms with van der Waals surface area (Å²) in [6.45, 7) is 3.75. The molecule has 0 amide bonds. The fourth-order valence-corrected chi connectivity index (χ4v) is 4.20. The monoisotopic (exact) mass is 398 g/mol. The van der Waals surface area contributed by atoms with E-state index in [1.54, 1.807) is 12.4 Å². The zero-order valence-electron chi connectivity index (χ0n) is 16.4. The molecule has 2 aliphatic rings. The molecule has 4 heterocycles. The van der Waals surface area contributed by atoms with Crippen LogP contribution in [0, 0.1) is 12.7 Å². The number of fused-ring (bicyclic) bond motifs is 2. The first-order chi connectivity index (χ1) is 14.2. The predicted molar refractivity (Wildman–Crippen MR) is 105 cm³/mol. The highest BCUT2D eigenvalue weighted by molar-refractivity contribution is 5.78. The summed E-state index contributed by atoms with van der Waals surface area (Å²) in [5.41, 5.74) is 3.34. The maximum absolute atomic E-state index is 14.6. The Morgan fingerprint density at radius 1 is 1.28 bits per heavy atom. The van der Waals surface area contributed by atoms with E-state index < -0.39 is 0 Å². The minimum absolute atomic E-state index is 0.137. The summed E-state index contributed by atoms with van der Waals surface area (Å²) >= 11 is 0. The number of methoxy groups -OCH3 is 1. The van der Waals surface area contributed by atoms with E-state index >= 15 is 0 Å². The quantitative estimate of drug-likeness (QED) is 0.729. The van der Waals surface area contributed by atoms with Crippen molar-refractivity contribution in [3.63, 3.8) is 0 Å². The first kappa shape index (κ1) is 18.3. The Hall–Kier alpha value is -2.71. The normalized spacial score (nSPS) is 21.3. The highest BCUT2D eigenvalue weighted by atomic mass is 19.1. The molecule has 1 saturated heterocycles. The van der Waals surface area contributed by atoms with Gasteiger partial charge in [0.05, 0.1) is 19.4 Å². The average Bonchev–Trinajstić information content (AvgIpc) is 3.37. The maximum atomic E-state index is 14.6. The van der Waals surface area contributed by atoms with Gasteiger partial charge in [0, 0.05) is 41.7 Å². The third kappa shape index (κ3) is 3.12. The number of hydrogen-bond acceptors (Lipinski definition) is 6. The van der Waals surface area contributed by atoms with Gasteiger partial charge < -0.3 is 24.1 Å². The molecule has 1 fully saturated rings. The van der Waals surface area contributed by atoms with Gasteiger partial charge in [-0.2, -0.15) is 0 Å². The Labute approximate surface area is 167 Å². The molecule has 2 aromatic heterocycles. The van der Waals surface area contributed by atoms with E-state index in [2.05, 4.69) is 15.3 Å². The Morgan fingerprint density at radius 2 is 2.17 bits per heavy atom. The molecule has 0 saturated carbocycles. The minimum atomic E-state index is -0.286. The molecule has 1 N–H and O–H groups in total. The number of ether oxygens (including phenoxy) is 3. The van der Waals surface area contributed by atoms with Gasteiger partial charge >= 0.3 is 0 Å². The third-order valence-electron chi connectivity index (χ3n) is 5.73. The molecule has 2 atom stereocenters. The van der Waals surface area contributed by atoms with Gasteiger partial charge in [0.15, 0.2) is 11.6 Å². The molecule has 2 unspecified atom stereocenters. The summed E-state index contributed by atoms with van der Waals surface area (Å²) in [6, 6.07) is 3.66. The lowest BCUT2D eigenvalue weighted by atomic mass is 9.98. The Bertz CT molecular complexity index is 1070. The first-order valence-electron chi connectivity index (χ1n) is 9.81. The van der Waals surface area contributed by atoms with E-state index in [-0.39, 0.29) is 23.9 Å². The van der Waals surface area contributed by atoms with Gasteiger partial charge in [0.25, 0.3) is 0 Å². The second-order valence-electron chi connectivity index (χ2n) is 7.46. The average molecular weight is 398 g/mol. The number of nitrogens with one attached hydrogen (secondary N) is 1. The topological polar surface area (TPSA) is 70.4 Å². The Morgan fingerprint density at radius 3 is 3.03 bits per heavy atom. The molecule has 0 spiro atoms. The van der Waals surface area contributed by atoms with Crippen molar-refractivity contribution in [2.24, 2.45) is 0 Å². The molecule has 29 heavy (non-hydrogen) atoms. The summed E-state index contributed by atoms with van der Waals surface area (Å²) in [5.74, 6) is 0.598. The Balaban J connectivity index is 1.39. The number of benzene rings is 1. The fraction of sp³-hybridized carbons (Fsp3) is 0.429. The van der Waals surface area contributed by atoms with Crippen LogP contribution in [-0.2, 0) is 17.7 Å². The molecular formula is C21H23FN4O3.